The minimum Gasteiger partial charge on any atom is -0.370 e. The zero-order valence-corrected chi connectivity index (χ0v) is 15.0. The van der Waals surface area contributed by atoms with Crippen LogP contribution in [-0.4, -0.2) is 24.3 Å². The maximum atomic E-state index is 12.8. The largest absolute Gasteiger partial charge is 0.370 e. The molecule has 141 valence electrons. The Morgan fingerprint density at radius 3 is 2.46 bits per heavy atom. The molecule has 7 nitrogen and oxygen atoms in total. The van der Waals surface area contributed by atoms with Crippen molar-refractivity contribution in [1.29, 1.82) is 5.41 Å². The molecule has 1 aliphatic carbocycles. The molecule has 1 fully saturated rings. The number of hydrogen-bond donors (Lipinski definition) is 5. The Hall–Kier alpha value is -2.57. The van der Waals surface area contributed by atoms with Crippen molar-refractivity contribution < 1.29 is 9.59 Å². The molecule has 0 bridgehead atoms. The smallest absolute Gasteiger partial charge is 0.235 e. The van der Waals surface area contributed by atoms with Gasteiger partial charge in [-0.25, -0.2) is 0 Å². The van der Waals surface area contributed by atoms with Crippen LogP contribution in [0, 0.1) is 17.4 Å². The Morgan fingerprint density at radius 1 is 1.12 bits per heavy atom. The molecule has 6 N–H and O–H groups in total. The molecule has 1 aromatic carbocycles. The number of amides is 2. The normalized spacial score (nSPS) is 15.2. The van der Waals surface area contributed by atoms with E-state index in [0.717, 1.165) is 24.8 Å². The zero-order chi connectivity index (χ0) is 18.8. The maximum Gasteiger partial charge on any atom is 0.235 e. The lowest BCUT2D eigenvalue weighted by atomic mass is 9.83. The van der Waals surface area contributed by atoms with Crippen molar-refractivity contribution in [3.05, 3.63) is 42.4 Å². The van der Waals surface area contributed by atoms with Gasteiger partial charge >= 0.3 is 0 Å². The Kier molecular flexibility index (Phi) is 7.44. The summed E-state index contributed by atoms with van der Waals surface area (Å²) in [5.41, 5.74) is 5.25. The van der Waals surface area contributed by atoms with E-state index < -0.39 is 5.41 Å². The average molecular weight is 358 g/mol. The standard InChI is InChI=1S/C19H28N5O2/c20-18(21)23-13-7-6-12-22-16(25)19(10-4-5-11-19)17(26)24-14-15-8-2-1-3-9-15/h1-3,8-9,12H,4-7,10-11,13-14H2,(H,22,25)(H,24,26)(H4,20,21,23). The van der Waals surface area contributed by atoms with Crippen LogP contribution >= 0.6 is 0 Å². The Balaban J connectivity index is 1.82. The monoisotopic (exact) mass is 358 g/mol. The second-order valence-electron chi connectivity index (χ2n) is 6.62. The minimum absolute atomic E-state index is 0.0611. The van der Waals surface area contributed by atoms with E-state index >= 15 is 0 Å². The van der Waals surface area contributed by atoms with Crippen molar-refractivity contribution in [3.63, 3.8) is 0 Å². The van der Waals surface area contributed by atoms with E-state index in [0.29, 0.717) is 32.4 Å². The fourth-order valence-corrected chi connectivity index (χ4v) is 3.21. The van der Waals surface area contributed by atoms with Gasteiger partial charge in [-0.1, -0.05) is 43.2 Å². The molecule has 0 heterocycles. The quantitative estimate of drug-likeness (QED) is 0.198. The molecule has 0 saturated heterocycles. The van der Waals surface area contributed by atoms with E-state index in [9.17, 15) is 9.59 Å². The van der Waals surface area contributed by atoms with Crippen LogP contribution in [0.2, 0.25) is 0 Å². The fraction of sp³-hybridized carbons (Fsp3) is 0.474. The minimum atomic E-state index is -0.969. The second kappa shape index (κ2) is 9.79. The van der Waals surface area contributed by atoms with Crippen molar-refractivity contribution in [2.45, 2.75) is 45.1 Å². The molecule has 0 aromatic heterocycles. The summed E-state index contributed by atoms with van der Waals surface area (Å²) in [5, 5.41) is 15.5. The van der Waals surface area contributed by atoms with E-state index in [2.05, 4.69) is 16.0 Å². The lowest BCUT2D eigenvalue weighted by Gasteiger charge is -2.26. The van der Waals surface area contributed by atoms with Crippen LogP contribution in [-0.2, 0) is 16.1 Å². The first-order chi connectivity index (χ1) is 12.5. The van der Waals surface area contributed by atoms with Crippen molar-refractivity contribution in [2.75, 3.05) is 6.54 Å². The first-order valence-electron chi connectivity index (χ1n) is 9.07. The number of hydrogen-bond acceptors (Lipinski definition) is 3. The van der Waals surface area contributed by atoms with E-state index in [1.807, 2.05) is 30.3 Å². The maximum absolute atomic E-state index is 12.8. The summed E-state index contributed by atoms with van der Waals surface area (Å²) in [6.45, 7) is 2.69. The molecule has 1 aliphatic rings. The number of benzene rings is 1. The summed E-state index contributed by atoms with van der Waals surface area (Å²) in [7, 11) is 0. The summed E-state index contributed by atoms with van der Waals surface area (Å²) in [6, 6.07) is 9.68. The number of rotatable bonds is 9. The summed E-state index contributed by atoms with van der Waals surface area (Å²) >= 11 is 0. The van der Waals surface area contributed by atoms with Gasteiger partial charge in [-0.2, -0.15) is 0 Å². The van der Waals surface area contributed by atoms with E-state index in [-0.39, 0.29) is 17.8 Å². The zero-order valence-electron chi connectivity index (χ0n) is 15.0. The molecule has 2 rings (SSSR count). The Morgan fingerprint density at radius 2 is 1.81 bits per heavy atom. The summed E-state index contributed by atoms with van der Waals surface area (Å²) < 4.78 is 0. The number of guanidine groups is 1. The number of nitrogens with one attached hydrogen (secondary N) is 4. The van der Waals surface area contributed by atoms with Gasteiger partial charge in [-0.3, -0.25) is 15.0 Å². The van der Waals surface area contributed by atoms with E-state index in [1.54, 1.807) is 6.54 Å². The van der Waals surface area contributed by atoms with Gasteiger partial charge in [0.2, 0.25) is 11.8 Å². The topological polar surface area (TPSA) is 120 Å². The lowest BCUT2D eigenvalue weighted by molar-refractivity contribution is -0.143. The van der Waals surface area contributed by atoms with Crippen molar-refractivity contribution in [1.82, 2.24) is 16.0 Å². The number of carbonyl (C=O) groups excluding carboxylic acids is 2. The van der Waals surface area contributed by atoms with Crippen LogP contribution in [0.15, 0.2) is 30.3 Å². The molecular formula is C19H28N5O2. The average Bonchev–Trinajstić information content (AvgIpc) is 3.14. The molecule has 1 aromatic rings. The predicted octanol–water partition coefficient (Wildman–Crippen LogP) is 1.40. The third-order valence-electron chi connectivity index (χ3n) is 4.70. The highest BCUT2D eigenvalue weighted by molar-refractivity contribution is 6.05. The summed E-state index contributed by atoms with van der Waals surface area (Å²) in [6.07, 6.45) is 4.32. The highest BCUT2D eigenvalue weighted by Gasteiger charge is 2.47. The van der Waals surface area contributed by atoms with Crippen molar-refractivity contribution in [2.24, 2.45) is 11.1 Å². The van der Waals surface area contributed by atoms with Gasteiger partial charge in [0.25, 0.3) is 0 Å². The summed E-state index contributed by atoms with van der Waals surface area (Å²) in [4.78, 5) is 25.4. The Labute approximate surface area is 154 Å². The summed E-state index contributed by atoms with van der Waals surface area (Å²) in [5.74, 6) is -0.475. The molecule has 0 spiro atoms. The third kappa shape index (κ3) is 5.47. The second-order valence-corrected chi connectivity index (χ2v) is 6.62. The molecule has 0 atom stereocenters. The molecule has 0 unspecified atom stereocenters. The molecule has 7 heteroatoms. The van der Waals surface area contributed by atoms with Crippen LogP contribution in [0.5, 0.6) is 0 Å². The number of nitrogens with two attached hydrogens (primary N) is 1. The van der Waals surface area contributed by atoms with E-state index in [1.165, 1.54) is 0 Å². The highest BCUT2D eigenvalue weighted by Crippen LogP contribution is 2.38. The van der Waals surface area contributed by atoms with E-state index in [4.69, 9.17) is 11.1 Å². The number of unbranched alkanes of at least 4 members (excludes halogenated alkanes) is 1. The van der Waals surface area contributed by atoms with Crippen LogP contribution in [0.4, 0.5) is 0 Å². The van der Waals surface area contributed by atoms with Gasteiger partial charge in [-0.15, -0.1) is 0 Å². The van der Waals surface area contributed by atoms with Crippen LogP contribution in [0.1, 0.15) is 44.1 Å². The predicted molar refractivity (Wildman–Crippen MR) is 101 cm³/mol. The molecule has 26 heavy (non-hydrogen) atoms. The highest BCUT2D eigenvalue weighted by atomic mass is 16.2. The van der Waals surface area contributed by atoms with Crippen LogP contribution < -0.4 is 21.7 Å². The van der Waals surface area contributed by atoms with Gasteiger partial charge < -0.3 is 21.7 Å². The first kappa shape index (κ1) is 19.8. The van der Waals surface area contributed by atoms with Crippen LogP contribution in [0.3, 0.4) is 0 Å². The molecule has 2 amide bonds. The first-order valence-corrected chi connectivity index (χ1v) is 9.07. The fourth-order valence-electron chi connectivity index (χ4n) is 3.21. The lowest BCUT2D eigenvalue weighted by Crippen LogP contribution is -2.49. The van der Waals surface area contributed by atoms with Gasteiger partial charge in [0.1, 0.15) is 5.41 Å². The molecule has 0 aliphatic heterocycles. The molecule has 1 saturated carbocycles. The van der Waals surface area contributed by atoms with Crippen molar-refractivity contribution in [3.8, 4) is 0 Å². The third-order valence-corrected chi connectivity index (χ3v) is 4.70. The SMILES string of the molecule is N=C(N)NCCC[CH]NC(=O)C1(C(=O)NCc2ccccc2)CCCC1. The van der Waals surface area contributed by atoms with Crippen LogP contribution in [0.25, 0.3) is 0 Å². The van der Waals surface area contributed by atoms with Gasteiger partial charge in [-0.05, 0) is 31.2 Å². The van der Waals surface area contributed by atoms with Gasteiger partial charge in [0.15, 0.2) is 5.96 Å². The van der Waals surface area contributed by atoms with Gasteiger partial charge in [0.05, 0.1) is 0 Å². The molecular weight excluding hydrogens is 330 g/mol. The Bertz CT molecular complexity index is 612. The van der Waals surface area contributed by atoms with Crippen molar-refractivity contribution >= 4 is 17.8 Å². The molecule has 1 radical (unpaired) electrons. The number of carbonyl (C=O) groups is 2. The van der Waals surface area contributed by atoms with Gasteiger partial charge in [0, 0.05) is 19.6 Å².